The summed E-state index contributed by atoms with van der Waals surface area (Å²) < 4.78 is 26.4. The standard InChI is InChI=1S/C20H31N2O3P/c1-5-11-22(12-6-2)26(4,23)25-16-18-7-9-20(10-8-18)24-15-19-13-17(3)21-14-19/h7-10,14H,5-6,11-13,15-16H2,1-4H3. The highest BCUT2D eigenvalue weighted by molar-refractivity contribution is 7.55. The maximum atomic E-state index is 12.9. The van der Waals surface area contributed by atoms with Crippen LogP contribution in [-0.2, 0) is 15.7 Å². The SMILES string of the molecule is CCCN(CCC)P(C)(=O)OCc1ccc(OCC2=CN=C(C)C2)cc1. The Labute approximate surface area is 157 Å². The molecule has 6 heteroatoms. The molecule has 2 rings (SSSR count). The summed E-state index contributed by atoms with van der Waals surface area (Å²) in [5.74, 6) is 0.817. The summed E-state index contributed by atoms with van der Waals surface area (Å²) in [7, 11) is -2.76. The first-order valence-electron chi connectivity index (χ1n) is 9.35. The van der Waals surface area contributed by atoms with E-state index in [1.165, 1.54) is 5.57 Å². The lowest BCUT2D eigenvalue weighted by Crippen LogP contribution is -2.23. The molecule has 26 heavy (non-hydrogen) atoms. The van der Waals surface area contributed by atoms with Gasteiger partial charge in [-0.25, -0.2) is 4.67 Å². The van der Waals surface area contributed by atoms with Gasteiger partial charge >= 0.3 is 0 Å². The highest BCUT2D eigenvalue weighted by Crippen LogP contribution is 2.47. The largest absolute Gasteiger partial charge is 0.489 e. The second-order valence-electron chi connectivity index (χ2n) is 6.79. The molecule has 1 unspecified atom stereocenters. The van der Waals surface area contributed by atoms with E-state index in [1.54, 1.807) is 6.66 Å². The molecule has 1 heterocycles. The van der Waals surface area contributed by atoms with Gasteiger partial charge in [-0.1, -0.05) is 26.0 Å². The van der Waals surface area contributed by atoms with Crippen molar-refractivity contribution >= 4 is 13.2 Å². The molecule has 1 aromatic carbocycles. The molecular formula is C20H31N2O3P. The summed E-state index contributed by atoms with van der Waals surface area (Å²) in [6.07, 6.45) is 4.71. The number of aliphatic imine (C=N–C) groups is 1. The lowest BCUT2D eigenvalue weighted by molar-refractivity contribution is 0.253. The minimum atomic E-state index is -2.76. The number of hydrogen-bond acceptors (Lipinski definition) is 4. The van der Waals surface area contributed by atoms with Gasteiger partial charge in [0.2, 0.25) is 0 Å². The number of rotatable bonds is 11. The number of ether oxygens (including phenoxy) is 1. The highest BCUT2D eigenvalue weighted by Gasteiger charge is 2.24. The second-order valence-corrected chi connectivity index (χ2v) is 9.22. The number of hydrogen-bond donors (Lipinski definition) is 0. The zero-order valence-corrected chi connectivity index (χ0v) is 17.3. The van der Waals surface area contributed by atoms with Crippen LogP contribution in [0.4, 0.5) is 0 Å². The van der Waals surface area contributed by atoms with Crippen molar-refractivity contribution in [3.8, 4) is 5.75 Å². The molecule has 0 N–H and O–H groups in total. The molecule has 0 saturated heterocycles. The van der Waals surface area contributed by atoms with Gasteiger partial charge in [0, 0.05) is 38.1 Å². The van der Waals surface area contributed by atoms with Crippen molar-refractivity contribution < 1.29 is 13.8 Å². The van der Waals surface area contributed by atoms with Crippen LogP contribution in [0.1, 0.15) is 45.6 Å². The van der Waals surface area contributed by atoms with Crippen LogP contribution in [0.15, 0.2) is 41.0 Å². The van der Waals surface area contributed by atoms with E-state index in [2.05, 4.69) is 18.8 Å². The smallest absolute Gasteiger partial charge is 0.269 e. The molecule has 0 amide bonds. The molecule has 1 aliphatic rings. The lowest BCUT2D eigenvalue weighted by atomic mass is 10.2. The molecule has 0 radical (unpaired) electrons. The Morgan fingerprint density at radius 1 is 1.12 bits per heavy atom. The fourth-order valence-electron chi connectivity index (χ4n) is 2.83. The van der Waals surface area contributed by atoms with Gasteiger partial charge in [-0.05, 0) is 43.0 Å². The number of benzene rings is 1. The van der Waals surface area contributed by atoms with Crippen LogP contribution < -0.4 is 4.74 Å². The van der Waals surface area contributed by atoms with Crippen LogP contribution >= 0.6 is 7.52 Å². The lowest BCUT2D eigenvalue weighted by Gasteiger charge is -2.28. The van der Waals surface area contributed by atoms with Crippen molar-refractivity contribution in [2.24, 2.45) is 4.99 Å². The summed E-state index contributed by atoms with van der Waals surface area (Å²) in [5, 5.41) is 0. The zero-order chi connectivity index (χ0) is 19.0. The highest BCUT2D eigenvalue weighted by atomic mass is 31.2. The van der Waals surface area contributed by atoms with Crippen molar-refractivity contribution in [1.82, 2.24) is 4.67 Å². The Kier molecular flexibility index (Phi) is 8.08. The number of nitrogens with zero attached hydrogens (tertiary/aromatic N) is 2. The molecule has 1 atom stereocenters. The van der Waals surface area contributed by atoms with Gasteiger partial charge in [0.05, 0.1) is 6.61 Å². The third kappa shape index (κ3) is 6.39. The van der Waals surface area contributed by atoms with Crippen LogP contribution in [0, 0.1) is 0 Å². The first-order valence-corrected chi connectivity index (χ1v) is 11.4. The van der Waals surface area contributed by atoms with E-state index in [4.69, 9.17) is 9.26 Å². The van der Waals surface area contributed by atoms with E-state index >= 15 is 0 Å². The van der Waals surface area contributed by atoms with E-state index in [1.807, 2.05) is 42.1 Å². The predicted molar refractivity (Wildman–Crippen MR) is 108 cm³/mol. The summed E-state index contributed by atoms with van der Waals surface area (Å²) in [6, 6.07) is 7.78. The molecule has 0 spiro atoms. The van der Waals surface area contributed by atoms with E-state index in [9.17, 15) is 4.57 Å². The maximum Gasteiger partial charge on any atom is 0.269 e. The fourth-order valence-corrected chi connectivity index (χ4v) is 4.51. The average Bonchev–Trinajstić information content (AvgIpc) is 3.04. The van der Waals surface area contributed by atoms with Gasteiger partial charge in [0.1, 0.15) is 12.4 Å². The van der Waals surface area contributed by atoms with Crippen LogP contribution in [0.5, 0.6) is 5.75 Å². The summed E-state index contributed by atoms with van der Waals surface area (Å²) in [5.41, 5.74) is 3.31. The Morgan fingerprint density at radius 2 is 1.77 bits per heavy atom. The van der Waals surface area contributed by atoms with Crippen LogP contribution in [0.3, 0.4) is 0 Å². The fraction of sp³-hybridized carbons (Fsp3) is 0.550. The molecule has 144 valence electrons. The minimum absolute atomic E-state index is 0.343. The molecule has 0 aliphatic carbocycles. The maximum absolute atomic E-state index is 12.9. The van der Waals surface area contributed by atoms with Crippen molar-refractivity contribution in [1.29, 1.82) is 0 Å². The molecule has 0 saturated carbocycles. The van der Waals surface area contributed by atoms with E-state index < -0.39 is 7.52 Å². The van der Waals surface area contributed by atoms with Crippen molar-refractivity contribution in [2.45, 2.75) is 46.6 Å². The van der Waals surface area contributed by atoms with Crippen molar-refractivity contribution in [2.75, 3.05) is 26.4 Å². The Bertz CT molecular complexity index is 677. The molecule has 0 bridgehead atoms. The first kappa shape index (κ1) is 20.9. The van der Waals surface area contributed by atoms with Gasteiger partial charge in [0.25, 0.3) is 7.52 Å². The predicted octanol–water partition coefficient (Wildman–Crippen LogP) is 5.28. The van der Waals surface area contributed by atoms with Crippen LogP contribution in [-0.4, -0.2) is 36.7 Å². The normalized spacial score (nSPS) is 16.3. The van der Waals surface area contributed by atoms with Crippen LogP contribution in [0.25, 0.3) is 0 Å². The third-order valence-corrected chi connectivity index (χ3v) is 6.28. The van der Waals surface area contributed by atoms with Gasteiger partial charge in [-0.3, -0.25) is 9.56 Å². The second kappa shape index (κ2) is 10.1. The molecule has 1 aliphatic heterocycles. The van der Waals surface area contributed by atoms with Crippen LogP contribution in [0.2, 0.25) is 0 Å². The topological polar surface area (TPSA) is 51.1 Å². The monoisotopic (exact) mass is 378 g/mol. The third-order valence-electron chi connectivity index (χ3n) is 4.25. The van der Waals surface area contributed by atoms with Crippen molar-refractivity contribution in [3.05, 3.63) is 41.6 Å². The molecule has 0 aromatic heterocycles. The summed E-state index contributed by atoms with van der Waals surface area (Å²) in [6.45, 7) is 10.4. The molecule has 5 nitrogen and oxygen atoms in total. The van der Waals surface area contributed by atoms with Gasteiger partial charge in [-0.15, -0.1) is 0 Å². The first-order chi connectivity index (χ1) is 12.4. The molecule has 0 fully saturated rings. The summed E-state index contributed by atoms with van der Waals surface area (Å²) >= 11 is 0. The Balaban J connectivity index is 1.83. The quantitative estimate of drug-likeness (QED) is 0.492. The summed E-state index contributed by atoms with van der Waals surface area (Å²) in [4.78, 5) is 4.26. The van der Waals surface area contributed by atoms with E-state index in [0.717, 1.165) is 49.4 Å². The zero-order valence-electron chi connectivity index (χ0n) is 16.4. The van der Waals surface area contributed by atoms with Crippen molar-refractivity contribution in [3.63, 3.8) is 0 Å². The molecular weight excluding hydrogens is 347 g/mol. The van der Waals surface area contributed by atoms with Gasteiger partial charge in [0.15, 0.2) is 0 Å². The van der Waals surface area contributed by atoms with E-state index in [0.29, 0.717) is 13.2 Å². The average molecular weight is 378 g/mol. The van der Waals surface area contributed by atoms with Gasteiger partial charge < -0.3 is 9.26 Å². The van der Waals surface area contributed by atoms with Gasteiger partial charge in [-0.2, -0.15) is 0 Å². The molecule has 1 aromatic rings. The Hall–Kier alpha value is -1.42. The minimum Gasteiger partial charge on any atom is -0.489 e. The Morgan fingerprint density at radius 3 is 2.31 bits per heavy atom. The van der Waals surface area contributed by atoms with E-state index in [-0.39, 0.29) is 0 Å².